The summed E-state index contributed by atoms with van der Waals surface area (Å²) in [6, 6.07) is 8.19. The van der Waals surface area contributed by atoms with Crippen LogP contribution in [0.25, 0.3) is 0 Å². The molecule has 0 heterocycles. The number of ether oxygens (including phenoxy) is 3. The van der Waals surface area contributed by atoms with E-state index < -0.39 is 0 Å². The number of rotatable bonds is 11. The maximum absolute atomic E-state index is 5.65. The molecule has 1 aromatic rings. The van der Waals surface area contributed by atoms with Crippen molar-refractivity contribution in [3.8, 4) is 5.75 Å². The molecule has 0 aliphatic rings. The van der Waals surface area contributed by atoms with Gasteiger partial charge in [-0.05, 0) is 37.1 Å². The molecule has 0 atom stereocenters. The van der Waals surface area contributed by atoms with Crippen molar-refractivity contribution in [2.45, 2.75) is 12.8 Å². The van der Waals surface area contributed by atoms with Gasteiger partial charge in [-0.2, -0.15) is 0 Å². The second-order valence-electron chi connectivity index (χ2n) is 4.33. The molecule has 0 radical (unpaired) electrons. The van der Waals surface area contributed by atoms with Gasteiger partial charge < -0.3 is 19.5 Å². The van der Waals surface area contributed by atoms with Crippen LogP contribution in [0.4, 0.5) is 0 Å². The standard InChI is InChI=1S/C15H25NO3/c1-17-11-3-9-16-10-13-19-15-6-4-14(5-7-15)8-12-18-2/h4-7,16H,3,8-13H2,1-2H3. The summed E-state index contributed by atoms with van der Waals surface area (Å²) < 4.78 is 15.7. The third kappa shape index (κ3) is 7.82. The highest BCUT2D eigenvalue weighted by molar-refractivity contribution is 5.27. The molecule has 0 aliphatic carbocycles. The second-order valence-corrected chi connectivity index (χ2v) is 4.33. The van der Waals surface area contributed by atoms with Crippen molar-refractivity contribution in [1.29, 1.82) is 0 Å². The van der Waals surface area contributed by atoms with E-state index in [-0.39, 0.29) is 0 Å². The van der Waals surface area contributed by atoms with E-state index in [0.717, 1.165) is 44.9 Å². The molecule has 0 fully saturated rings. The third-order valence-corrected chi connectivity index (χ3v) is 2.77. The SMILES string of the molecule is COCCCNCCOc1ccc(CCOC)cc1. The third-order valence-electron chi connectivity index (χ3n) is 2.77. The molecule has 0 amide bonds. The first-order valence-corrected chi connectivity index (χ1v) is 6.77. The molecule has 0 aromatic heterocycles. The molecule has 0 saturated carbocycles. The summed E-state index contributed by atoms with van der Waals surface area (Å²) in [6.45, 7) is 4.06. The summed E-state index contributed by atoms with van der Waals surface area (Å²) in [7, 11) is 3.44. The van der Waals surface area contributed by atoms with E-state index in [9.17, 15) is 0 Å². The molecule has 0 unspecified atom stereocenters. The Hall–Kier alpha value is -1.10. The Morgan fingerprint density at radius 2 is 1.63 bits per heavy atom. The highest BCUT2D eigenvalue weighted by Gasteiger charge is 1.96. The van der Waals surface area contributed by atoms with Gasteiger partial charge in [-0.3, -0.25) is 0 Å². The molecular weight excluding hydrogens is 242 g/mol. The van der Waals surface area contributed by atoms with Gasteiger partial charge in [-0.25, -0.2) is 0 Å². The minimum atomic E-state index is 0.685. The molecule has 1 N–H and O–H groups in total. The van der Waals surface area contributed by atoms with E-state index in [4.69, 9.17) is 14.2 Å². The van der Waals surface area contributed by atoms with Gasteiger partial charge in [0.1, 0.15) is 12.4 Å². The van der Waals surface area contributed by atoms with E-state index in [0.29, 0.717) is 6.61 Å². The summed E-state index contributed by atoms with van der Waals surface area (Å²) in [4.78, 5) is 0. The molecule has 1 aromatic carbocycles. The normalized spacial score (nSPS) is 10.6. The first-order valence-electron chi connectivity index (χ1n) is 6.77. The van der Waals surface area contributed by atoms with Crippen molar-refractivity contribution in [2.75, 3.05) is 47.1 Å². The lowest BCUT2D eigenvalue weighted by Gasteiger charge is -2.08. The first-order chi connectivity index (χ1) is 9.36. The molecule has 1 rings (SSSR count). The second kappa shape index (κ2) is 10.8. The summed E-state index contributed by atoms with van der Waals surface area (Å²) in [5, 5.41) is 3.31. The van der Waals surface area contributed by atoms with Gasteiger partial charge in [0.25, 0.3) is 0 Å². The number of hydrogen-bond acceptors (Lipinski definition) is 4. The Labute approximate surface area is 116 Å². The van der Waals surface area contributed by atoms with Crippen molar-refractivity contribution in [3.05, 3.63) is 29.8 Å². The number of methoxy groups -OCH3 is 2. The topological polar surface area (TPSA) is 39.7 Å². The lowest BCUT2D eigenvalue weighted by Crippen LogP contribution is -2.22. The fourth-order valence-electron chi connectivity index (χ4n) is 1.68. The van der Waals surface area contributed by atoms with Crippen LogP contribution in [-0.4, -0.2) is 47.1 Å². The molecule has 4 nitrogen and oxygen atoms in total. The van der Waals surface area contributed by atoms with Crippen LogP contribution in [-0.2, 0) is 15.9 Å². The number of benzene rings is 1. The lowest BCUT2D eigenvalue weighted by atomic mass is 10.1. The summed E-state index contributed by atoms with van der Waals surface area (Å²) in [5.41, 5.74) is 1.27. The summed E-state index contributed by atoms with van der Waals surface area (Å²) >= 11 is 0. The van der Waals surface area contributed by atoms with Gasteiger partial charge in [0.2, 0.25) is 0 Å². The lowest BCUT2D eigenvalue weighted by molar-refractivity contribution is 0.193. The molecule has 0 saturated heterocycles. The largest absolute Gasteiger partial charge is 0.492 e. The Morgan fingerprint density at radius 1 is 0.895 bits per heavy atom. The van der Waals surface area contributed by atoms with Crippen molar-refractivity contribution >= 4 is 0 Å². The van der Waals surface area contributed by atoms with Crippen molar-refractivity contribution < 1.29 is 14.2 Å². The van der Waals surface area contributed by atoms with E-state index in [1.807, 2.05) is 12.1 Å². The molecule has 108 valence electrons. The molecule has 0 spiro atoms. The van der Waals surface area contributed by atoms with Gasteiger partial charge in [0.15, 0.2) is 0 Å². The van der Waals surface area contributed by atoms with Crippen LogP contribution in [0.15, 0.2) is 24.3 Å². The molecule has 0 aliphatic heterocycles. The average Bonchev–Trinajstić information content (AvgIpc) is 2.45. The minimum Gasteiger partial charge on any atom is -0.492 e. The van der Waals surface area contributed by atoms with Crippen molar-refractivity contribution in [3.63, 3.8) is 0 Å². The predicted molar refractivity (Wildman–Crippen MR) is 76.9 cm³/mol. The zero-order valence-corrected chi connectivity index (χ0v) is 12.0. The maximum atomic E-state index is 5.65. The Morgan fingerprint density at radius 3 is 2.32 bits per heavy atom. The molecular formula is C15H25NO3. The van der Waals surface area contributed by atoms with Crippen LogP contribution in [0, 0.1) is 0 Å². The zero-order valence-electron chi connectivity index (χ0n) is 12.0. The van der Waals surface area contributed by atoms with Crippen LogP contribution in [0.5, 0.6) is 5.75 Å². The smallest absolute Gasteiger partial charge is 0.119 e. The van der Waals surface area contributed by atoms with E-state index >= 15 is 0 Å². The van der Waals surface area contributed by atoms with Crippen molar-refractivity contribution in [2.24, 2.45) is 0 Å². The van der Waals surface area contributed by atoms with Gasteiger partial charge in [-0.1, -0.05) is 12.1 Å². The fourth-order valence-corrected chi connectivity index (χ4v) is 1.68. The molecule has 19 heavy (non-hydrogen) atoms. The number of nitrogens with one attached hydrogen (secondary N) is 1. The highest BCUT2D eigenvalue weighted by Crippen LogP contribution is 2.12. The van der Waals surface area contributed by atoms with Crippen LogP contribution < -0.4 is 10.1 Å². The van der Waals surface area contributed by atoms with Gasteiger partial charge >= 0.3 is 0 Å². The van der Waals surface area contributed by atoms with Crippen molar-refractivity contribution in [1.82, 2.24) is 5.32 Å². The van der Waals surface area contributed by atoms with Gasteiger partial charge in [-0.15, -0.1) is 0 Å². The molecule has 4 heteroatoms. The van der Waals surface area contributed by atoms with E-state index in [1.165, 1.54) is 5.56 Å². The van der Waals surface area contributed by atoms with Crippen LogP contribution in [0.2, 0.25) is 0 Å². The molecule has 0 bridgehead atoms. The Bertz CT molecular complexity index is 314. The maximum Gasteiger partial charge on any atom is 0.119 e. The quantitative estimate of drug-likeness (QED) is 0.621. The monoisotopic (exact) mass is 267 g/mol. The zero-order chi connectivity index (χ0) is 13.8. The summed E-state index contributed by atoms with van der Waals surface area (Å²) in [5.74, 6) is 0.917. The first kappa shape index (κ1) is 16.0. The Balaban J connectivity index is 2.09. The van der Waals surface area contributed by atoms with Gasteiger partial charge in [0.05, 0.1) is 6.61 Å². The highest BCUT2D eigenvalue weighted by atomic mass is 16.5. The van der Waals surface area contributed by atoms with Gasteiger partial charge in [0, 0.05) is 27.4 Å². The minimum absolute atomic E-state index is 0.685. The predicted octanol–water partition coefficient (Wildman–Crippen LogP) is 1.88. The average molecular weight is 267 g/mol. The number of hydrogen-bond donors (Lipinski definition) is 1. The van der Waals surface area contributed by atoms with Crippen LogP contribution in [0.1, 0.15) is 12.0 Å². The summed E-state index contributed by atoms with van der Waals surface area (Å²) in [6.07, 6.45) is 1.97. The van der Waals surface area contributed by atoms with Crippen LogP contribution >= 0.6 is 0 Å². The van der Waals surface area contributed by atoms with E-state index in [2.05, 4.69) is 17.4 Å². The fraction of sp³-hybridized carbons (Fsp3) is 0.600. The van der Waals surface area contributed by atoms with E-state index in [1.54, 1.807) is 14.2 Å². The van der Waals surface area contributed by atoms with Crippen LogP contribution in [0.3, 0.4) is 0 Å². The Kier molecular flexibility index (Phi) is 9.06.